The molecule has 10 heteroatoms. The van der Waals surface area contributed by atoms with E-state index in [0.29, 0.717) is 5.56 Å². The van der Waals surface area contributed by atoms with Crippen LogP contribution in [0.2, 0.25) is 0 Å². The highest BCUT2D eigenvalue weighted by Crippen LogP contribution is 2.42. The van der Waals surface area contributed by atoms with Gasteiger partial charge in [0.1, 0.15) is 6.04 Å². The molecule has 3 aromatic carbocycles. The Morgan fingerprint density at radius 3 is 2.00 bits per heavy atom. The summed E-state index contributed by atoms with van der Waals surface area (Å²) in [6.07, 6.45) is 0. The van der Waals surface area contributed by atoms with Gasteiger partial charge in [0.15, 0.2) is 0 Å². The van der Waals surface area contributed by atoms with Crippen LogP contribution in [0.1, 0.15) is 11.6 Å². The Morgan fingerprint density at radius 2 is 1.40 bits per heavy atom. The summed E-state index contributed by atoms with van der Waals surface area (Å²) in [6, 6.07) is 18.7. The number of rotatable bonds is 4. The second-order valence-corrected chi connectivity index (χ2v) is 10.0. The third kappa shape index (κ3) is 3.45. The topological polar surface area (TPSA) is 127 Å². The summed E-state index contributed by atoms with van der Waals surface area (Å²) >= 11 is 0. The lowest BCUT2D eigenvalue weighted by Crippen LogP contribution is -2.45. The molecule has 8 nitrogen and oxygen atoms in total. The molecule has 0 fully saturated rings. The van der Waals surface area contributed by atoms with Gasteiger partial charge in [-0.05, 0) is 35.9 Å². The Kier molecular flexibility index (Phi) is 4.85. The Bertz CT molecular complexity index is 1330. The lowest BCUT2D eigenvalue weighted by molar-refractivity contribution is -0.117. The second kappa shape index (κ2) is 7.24. The van der Waals surface area contributed by atoms with Gasteiger partial charge in [0, 0.05) is 0 Å². The highest BCUT2D eigenvalue weighted by molar-refractivity contribution is 7.93. The first kappa shape index (κ1) is 20.1. The molecule has 30 heavy (non-hydrogen) atoms. The van der Waals surface area contributed by atoms with Crippen molar-refractivity contribution >= 4 is 37.3 Å². The fourth-order valence-electron chi connectivity index (χ4n) is 3.33. The molecule has 0 saturated heterocycles. The monoisotopic (exact) mass is 443 g/mol. The van der Waals surface area contributed by atoms with Gasteiger partial charge in [-0.1, -0.05) is 48.5 Å². The summed E-state index contributed by atoms with van der Waals surface area (Å²) < 4.78 is 51.6. The minimum absolute atomic E-state index is 0.00195. The fourth-order valence-corrected chi connectivity index (χ4v) is 5.51. The van der Waals surface area contributed by atoms with Gasteiger partial charge in [0.2, 0.25) is 10.0 Å². The molecule has 3 aromatic rings. The van der Waals surface area contributed by atoms with Gasteiger partial charge in [-0.3, -0.25) is 4.79 Å². The number of sulfonamides is 2. The van der Waals surface area contributed by atoms with Gasteiger partial charge in [-0.2, -0.15) is 0 Å². The zero-order chi connectivity index (χ0) is 21.5. The van der Waals surface area contributed by atoms with Crippen LogP contribution in [-0.4, -0.2) is 22.7 Å². The van der Waals surface area contributed by atoms with Crippen LogP contribution in [0, 0.1) is 0 Å². The van der Waals surface area contributed by atoms with Crippen LogP contribution in [0.25, 0.3) is 0 Å². The van der Waals surface area contributed by atoms with Gasteiger partial charge in [-0.15, -0.1) is 0 Å². The minimum atomic E-state index is -4.16. The van der Waals surface area contributed by atoms with Crippen molar-refractivity contribution in [2.24, 2.45) is 5.14 Å². The maximum absolute atomic E-state index is 13.6. The van der Waals surface area contributed by atoms with E-state index in [0.717, 1.165) is 10.4 Å². The van der Waals surface area contributed by atoms with Crippen molar-refractivity contribution in [3.8, 4) is 0 Å². The van der Waals surface area contributed by atoms with E-state index in [9.17, 15) is 21.6 Å². The number of carbonyl (C=O) groups excluding carboxylic acids is 1. The average Bonchev–Trinajstić information content (AvgIpc) is 2.73. The molecular weight excluding hydrogens is 426 g/mol. The quantitative estimate of drug-likeness (QED) is 0.639. The second-order valence-electron chi connectivity index (χ2n) is 6.64. The molecule has 0 bridgehead atoms. The molecule has 3 N–H and O–H groups in total. The molecule has 154 valence electrons. The molecule has 1 atom stereocenters. The minimum Gasteiger partial charge on any atom is -0.322 e. The number of hydrogen-bond acceptors (Lipinski definition) is 5. The van der Waals surface area contributed by atoms with Gasteiger partial charge >= 0.3 is 0 Å². The Morgan fingerprint density at radius 1 is 0.800 bits per heavy atom. The van der Waals surface area contributed by atoms with Crippen molar-refractivity contribution in [3.63, 3.8) is 0 Å². The van der Waals surface area contributed by atoms with Crippen molar-refractivity contribution in [2.75, 3.05) is 9.62 Å². The van der Waals surface area contributed by atoms with Crippen molar-refractivity contribution in [1.82, 2.24) is 0 Å². The predicted molar refractivity (Wildman–Crippen MR) is 112 cm³/mol. The van der Waals surface area contributed by atoms with Gasteiger partial charge < -0.3 is 5.32 Å². The summed E-state index contributed by atoms with van der Waals surface area (Å²) in [5, 5.41) is 7.79. The van der Waals surface area contributed by atoms with Crippen molar-refractivity contribution in [3.05, 3.63) is 84.4 Å². The molecule has 0 spiro atoms. The van der Waals surface area contributed by atoms with Crippen LogP contribution in [0.15, 0.2) is 88.7 Å². The van der Waals surface area contributed by atoms with E-state index in [1.807, 2.05) is 0 Å². The van der Waals surface area contributed by atoms with E-state index in [4.69, 9.17) is 5.14 Å². The summed E-state index contributed by atoms with van der Waals surface area (Å²) in [7, 11) is -8.21. The third-order valence-electron chi connectivity index (χ3n) is 4.69. The summed E-state index contributed by atoms with van der Waals surface area (Å²) in [5.74, 6) is -0.611. The zero-order valence-electron chi connectivity index (χ0n) is 15.5. The SMILES string of the molecule is NS(=O)(=O)c1ccc2c(c1)NC(=O)C(c1ccccc1)N2S(=O)(=O)c1ccccc1. The molecule has 0 radical (unpaired) electrons. The molecule has 0 aliphatic carbocycles. The van der Waals surface area contributed by atoms with Crippen LogP contribution >= 0.6 is 0 Å². The smallest absolute Gasteiger partial charge is 0.265 e. The van der Waals surface area contributed by atoms with Crippen molar-refractivity contribution in [2.45, 2.75) is 15.8 Å². The number of benzene rings is 3. The third-order valence-corrected chi connectivity index (χ3v) is 7.39. The van der Waals surface area contributed by atoms with E-state index in [1.54, 1.807) is 48.5 Å². The number of amides is 1. The number of primary sulfonamides is 1. The number of anilines is 2. The maximum Gasteiger partial charge on any atom is 0.265 e. The van der Waals surface area contributed by atoms with E-state index < -0.39 is 32.0 Å². The molecule has 1 heterocycles. The molecular formula is C20H17N3O5S2. The highest BCUT2D eigenvalue weighted by Gasteiger charge is 2.42. The standard InChI is InChI=1S/C20H17N3O5S2/c21-29(25,26)16-11-12-18-17(13-16)22-20(24)19(14-7-3-1-4-8-14)23(18)30(27,28)15-9-5-2-6-10-15/h1-13,19H,(H,22,24)(H2,21,25,26). The highest BCUT2D eigenvalue weighted by atomic mass is 32.2. The Hall–Kier alpha value is -3.21. The number of nitrogens with one attached hydrogen (secondary N) is 1. The van der Waals surface area contributed by atoms with Crippen LogP contribution in [0.5, 0.6) is 0 Å². The zero-order valence-corrected chi connectivity index (χ0v) is 17.1. The molecule has 4 rings (SSSR count). The van der Waals surface area contributed by atoms with Crippen LogP contribution in [-0.2, 0) is 24.8 Å². The number of nitrogens with two attached hydrogens (primary N) is 1. The first-order chi connectivity index (χ1) is 14.2. The first-order valence-corrected chi connectivity index (χ1v) is 11.8. The van der Waals surface area contributed by atoms with E-state index in [2.05, 4.69) is 5.32 Å². The maximum atomic E-state index is 13.6. The molecule has 1 aliphatic heterocycles. The van der Waals surface area contributed by atoms with Crippen LogP contribution < -0.4 is 14.8 Å². The molecule has 0 saturated carbocycles. The first-order valence-electron chi connectivity index (χ1n) is 8.82. The lowest BCUT2D eigenvalue weighted by Gasteiger charge is -2.37. The summed E-state index contributed by atoms with van der Waals surface area (Å²) in [4.78, 5) is 12.8. The van der Waals surface area contributed by atoms with Gasteiger partial charge in [-0.25, -0.2) is 26.3 Å². The number of hydrogen-bond donors (Lipinski definition) is 2. The number of fused-ring (bicyclic) bond motifs is 1. The van der Waals surface area contributed by atoms with Crippen LogP contribution in [0.4, 0.5) is 11.4 Å². The van der Waals surface area contributed by atoms with Gasteiger partial charge in [0.25, 0.3) is 15.9 Å². The molecule has 0 aromatic heterocycles. The summed E-state index contributed by atoms with van der Waals surface area (Å²) in [6.45, 7) is 0. The number of carbonyl (C=O) groups is 1. The predicted octanol–water partition coefficient (Wildman–Crippen LogP) is 2.22. The Labute approximate surface area is 174 Å². The molecule has 1 amide bonds. The van der Waals surface area contributed by atoms with Crippen LogP contribution in [0.3, 0.4) is 0 Å². The van der Waals surface area contributed by atoms with E-state index in [1.165, 1.54) is 24.3 Å². The molecule has 1 aliphatic rings. The van der Waals surface area contributed by atoms with E-state index in [-0.39, 0.29) is 21.2 Å². The fraction of sp³-hybridized carbons (Fsp3) is 0.0500. The Balaban J connectivity index is 1.98. The lowest BCUT2D eigenvalue weighted by atomic mass is 10.0. The largest absolute Gasteiger partial charge is 0.322 e. The van der Waals surface area contributed by atoms with Crippen molar-refractivity contribution < 1.29 is 21.6 Å². The molecule has 1 unspecified atom stereocenters. The van der Waals surface area contributed by atoms with E-state index >= 15 is 0 Å². The van der Waals surface area contributed by atoms with Crippen molar-refractivity contribution in [1.29, 1.82) is 0 Å². The van der Waals surface area contributed by atoms with Gasteiger partial charge in [0.05, 0.1) is 21.2 Å². The normalized spacial score (nSPS) is 16.6. The average molecular weight is 444 g/mol. The number of nitrogens with zero attached hydrogens (tertiary/aromatic N) is 1. The summed E-state index contributed by atoms with van der Waals surface area (Å²) in [5.41, 5.74) is 0.647.